The van der Waals surface area contributed by atoms with E-state index in [-0.39, 0.29) is 29.2 Å². The Balaban J connectivity index is 1.74. The molecule has 4 rings (SSSR count). The van der Waals surface area contributed by atoms with Crippen LogP contribution in [0.5, 0.6) is 0 Å². The highest BCUT2D eigenvalue weighted by molar-refractivity contribution is 6.11. The molecule has 0 aliphatic carbocycles. The number of rotatable bonds is 5. The third-order valence-electron chi connectivity index (χ3n) is 6.55. The molecular weight excluding hydrogens is 459 g/mol. The predicted octanol–water partition coefficient (Wildman–Crippen LogP) is 3.61. The van der Waals surface area contributed by atoms with Crippen LogP contribution in [0, 0.1) is 17.7 Å². The van der Waals surface area contributed by atoms with Crippen molar-refractivity contribution in [2.75, 3.05) is 12.3 Å². The third kappa shape index (κ3) is 4.42. The van der Waals surface area contributed by atoms with Gasteiger partial charge in [-0.2, -0.15) is 0 Å². The van der Waals surface area contributed by atoms with Crippen LogP contribution < -0.4 is 11.1 Å². The lowest BCUT2D eigenvalue weighted by Gasteiger charge is -2.27. The van der Waals surface area contributed by atoms with E-state index in [2.05, 4.69) is 38.7 Å². The Kier molecular flexibility index (Phi) is 6.55. The van der Waals surface area contributed by atoms with Crippen molar-refractivity contribution in [1.82, 2.24) is 25.2 Å². The second-order valence-corrected chi connectivity index (χ2v) is 9.48. The van der Waals surface area contributed by atoms with Gasteiger partial charge >= 0.3 is 0 Å². The number of benzene rings is 1. The maximum absolute atomic E-state index is 14.5. The third-order valence-corrected chi connectivity index (χ3v) is 6.55. The van der Waals surface area contributed by atoms with Gasteiger partial charge in [0.1, 0.15) is 28.8 Å². The number of likely N-dealkylation sites (tertiary alicyclic amines) is 1. The van der Waals surface area contributed by atoms with Crippen LogP contribution in [0.15, 0.2) is 36.9 Å². The van der Waals surface area contributed by atoms with Crippen LogP contribution in [0.4, 0.5) is 10.2 Å². The fraction of sp³-hybridized carbons (Fsp3) is 0.333. The van der Waals surface area contributed by atoms with Gasteiger partial charge in [0.2, 0.25) is 5.91 Å². The van der Waals surface area contributed by atoms with Gasteiger partial charge < -0.3 is 20.9 Å². The molecule has 2 aromatic heterocycles. The van der Waals surface area contributed by atoms with Crippen LogP contribution in [0.3, 0.4) is 0 Å². The number of nitrogens with zero attached hydrogens (tertiary/aromatic N) is 3. The number of hydrogen-bond donors (Lipinski definition) is 3. The summed E-state index contributed by atoms with van der Waals surface area (Å²) in [5.41, 5.74) is 6.63. The average Bonchev–Trinajstić information content (AvgIpc) is 3.39. The Morgan fingerprint density at radius 1 is 1.33 bits per heavy atom. The number of H-pyrrole nitrogens is 1. The highest BCUT2D eigenvalue weighted by atomic mass is 19.1. The zero-order chi connectivity index (χ0) is 26.2. The van der Waals surface area contributed by atoms with Crippen LogP contribution in [0.1, 0.15) is 67.5 Å². The number of fused-ring (bicyclic) bond motifs is 1. The first-order valence-corrected chi connectivity index (χ1v) is 11.7. The van der Waals surface area contributed by atoms with Crippen LogP contribution >= 0.6 is 0 Å². The van der Waals surface area contributed by atoms with E-state index in [0.29, 0.717) is 41.1 Å². The van der Waals surface area contributed by atoms with Gasteiger partial charge in [0.15, 0.2) is 0 Å². The molecule has 1 aliphatic heterocycles. The number of aromatic nitrogens is 3. The van der Waals surface area contributed by atoms with Crippen molar-refractivity contribution >= 4 is 28.7 Å². The Bertz CT molecular complexity index is 1430. The lowest BCUT2D eigenvalue weighted by Crippen LogP contribution is -2.41. The molecule has 0 bridgehead atoms. The van der Waals surface area contributed by atoms with Gasteiger partial charge in [0, 0.05) is 24.1 Å². The topological polar surface area (TPSA) is 117 Å². The van der Waals surface area contributed by atoms with Gasteiger partial charge in [-0.1, -0.05) is 30.7 Å². The fourth-order valence-corrected chi connectivity index (χ4v) is 4.79. The Morgan fingerprint density at radius 3 is 2.72 bits per heavy atom. The van der Waals surface area contributed by atoms with Crippen LogP contribution in [-0.2, 0) is 10.3 Å². The average molecular weight is 489 g/mol. The van der Waals surface area contributed by atoms with Crippen molar-refractivity contribution in [3.05, 3.63) is 65.4 Å². The molecule has 1 aliphatic rings. The first-order valence-electron chi connectivity index (χ1n) is 11.7. The second kappa shape index (κ2) is 9.46. The Morgan fingerprint density at radius 2 is 2.06 bits per heavy atom. The molecule has 8 nitrogen and oxygen atoms in total. The second-order valence-electron chi connectivity index (χ2n) is 9.48. The largest absolute Gasteiger partial charge is 0.383 e. The van der Waals surface area contributed by atoms with E-state index < -0.39 is 17.3 Å². The number of amides is 2. The number of nitrogen functional groups attached to an aromatic ring is 1. The molecule has 0 unspecified atom stereocenters. The van der Waals surface area contributed by atoms with E-state index in [9.17, 15) is 14.0 Å². The number of carbonyl (C=O) groups is 2. The summed E-state index contributed by atoms with van der Waals surface area (Å²) < 4.78 is 14.5. The fourth-order valence-electron chi connectivity index (χ4n) is 4.79. The Hall–Kier alpha value is -4.19. The summed E-state index contributed by atoms with van der Waals surface area (Å²) in [7, 11) is 0. The van der Waals surface area contributed by atoms with Gasteiger partial charge in [-0.3, -0.25) is 9.59 Å². The molecule has 3 heterocycles. The molecule has 0 radical (unpaired) electrons. The number of carbonyl (C=O) groups excluding carboxylic acids is 2. The highest BCUT2D eigenvalue weighted by Gasteiger charge is 2.35. The van der Waals surface area contributed by atoms with Crippen molar-refractivity contribution in [1.29, 1.82) is 0 Å². The number of anilines is 1. The highest BCUT2D eigenvalue weighted by Crippen LogP contribution is 2.34. The molecular formula is C27H29FN6O2. The van der Waals surface area contributed by atoms with Crippen LogP contribution in [-0.4, -0.2) is 44.3 Å². The van der Waals surface area contributed by atoms with E-state index in [1.807, 2.05) is 6.92 Å². The summed E-state index contributed by atoms with van der Waals surface area (Å²) in [4.78, 5) is 39.7. The summed E-state index contributed by atoms with van der Waals surface area (Å²) >= 11 is 0. The number of nitrogens with one attached hydrogen (secondary N) is 2. The first-order chi connectivity index (χ1) is 17.1. The molecule has 186 valence electrons. The van der Waals surface area contributed by atoms with Gasteiger partial charge in [0.25, 0.3) is 5.91 Å². The minimum absolute atomic E-state index is 0.00753. The van der Waals surface area contributed by atoms with Crippen molar-refractivity contribution in [3.63, 3.8) is 0 Å². The number of hydrogen-bond acceptors (Lipinski definition) is 5. The van der Waals surface area contributed by atoms with E-state index in [1.165, 1.54) is 12.1 Å². The molecule has 1 fully saturated rings. The lowest BCUT2D eigenvalue weighted by atomic mass is 9.93. The normalized spacial score (nSPS) is 17.5. The molecule has 1 aromatic carbocycles. The van der Waals surface area contributed by atoms with E-state index in [4.69, 9.17) is 5.73 Å². The van der Waals surface area contributed by atoms with Crippen LogP contribution in [0.25, 0.3) is 11.0 Å². The quantitative estimate of drug-likeness (QED) is 0.375. The van der Waals surface area contributed by atoms with Gasteiger partial charge in [-0.05, 0) is 52.2 Å². The molecule has 0 saturated carbocycles. The SMILES string of the molecule is C=CC(=O)N1C[C@H](c2nc(N)c3c(C(=O)NC(C)(C)c4ccccc4F)c(C#CC)[nH]c3n2)C[C@@H]1C. The number of nitrogens with two attached hydrogens (primary N) is 1. The standard InChI is InChI=1S/C27H29FN6O2/c1-6-10-19-21(26(36)33-27(4,5)17-11-8-9-12-18(17)28)22-23(29)31-24(32-25(22)30-19)16-13-15(3)34(14-16)20(35)7-2/h7-9,11-12,15-16H,2,13-14H2,1,3-5H3,(H,33,36)(H3,29,30,31,32)/t15-,16+/m0/s1. The number of aromatic amines is 1. The van der Waals surface area contributed by atoms with E-state index in [0.717, 1.165) is 0 Å². The minimum Gasteiger partial charge on any atom is -0.383 e. The van der Waals surface area contributed by atoms with Gasteiger partial charge in [-0.15, -0.1) is 0 Å². The molecule has 1 saturated heterocycles. The molecule has 3 aromatic rings. The minimum atomic E-state index is -1.01. The summed E-state index contributed by atoms with van der Waals surface area (Å²) in [5.74, 6) is 5.17. The van der Waals surface area contributed by atoms with Gasteiger partial charge in [-0.25, -0.2) is 14.4 Å². The molecule has 2 atom stereocenters. The maximum atomic E-state index is 14.5. The zero-order valence-corrected chi connectivity index (χ0v) is 20.8. The molecule has 0 spiro atoms. The van der Waals surface area contributed by atoms with Crippen molar-refractivity contribution in [3.8, 4) is 11.8 Å². The maximum Gasteiger partial charge on any atom is 0.255 e. The molecule has 36 heavy (non-hydrogen) atoms. The monoisotopic (exact) mass is 488 g/mol. The summed E-state index contributed by atoms with van der Waals surface area (Å²) in [6.45, 7) is 11.1. The summed E-state index contributed by atoms with van der Waals surface area (Å²) in [5, 5.41) is 3.25. The van der Waals surface area contributed by atoms with E-state index >= 15 is 0 Å². The molecule has 4 N–H and O–H groups in total. The summed E-state index contributed by atoms with van der Waals surface area (Å²) in [6.07, 6.45) is 1.97. The first kappa shape index (κ1) is 24.9. The number of halogens is 1. The Labute approximate surface area is 209 Å². The van der Waals surface area contributed by atoms with Crippen molar-refractivity contribution in [2.24, 2.45) is 0 Å². The predicted molar refractivity (Wildman–Crippen MR) is 136 cm³/mol. The lowest BCUT2D eigenvalue weighted by molar-refractivity contribution is -0.126. The van der Waals surface area contributed by atoms with Crippen molar-refractivity contribution < 1.29 is 14.0 Å². The zero-order valence-electron chi connectivity index (χ0n) is 20.8. The smallest absolute Gasteiger partial charge is 0.255 e. The molecule has 2 amide bonds. The summed E-state index contributed by atoms with van der Waals surface area (Å²) in [6, 6.07) is 6.30. The molecule has 9 heteroatoms. The van der Waals surface area contributed by atoms with Gasteiger partial charge in [0.05, 0.1) is 16.5 Å². The van der Waals surface area contributed by atoms with Crippen molar-refractivity contribution in [2.45, 2.75) is 51.6 Å². The van der Waals surface area contributed by atoms with Crippen LogP contribution in [0.2, 0.25) is 0 Å². The van der Waals surface area contributed by atoms with E-state index in [1.54, 1.807) is 43.9 Å².